The first-order valence-electron chi connectivity index (χ1n) is 30.1. The SMILES string of the molecule is COC(=O)[C@H]1NC(=O)[C@H]2NC(=O)[C@H](NC(=O)[C@@H]3NC(=O)[C@H]4NC(=O)[C@@H](Cc5ccc(c(Cl)c5)Oc5cc3cc(c5OCCCCNCCN(C)C)Oc3ccc(cc3Cl)[C@H]2O)NC(=O)[C@@H](N)c2ccc(O)c(c2)Oc2cc(O)cc4c2)c2ccc(O)c(c2)-c2c(O)cc(O)cc21. The first-order valence-corrected chi connectivity index (χ1v) is 30.8. The van der Waals surface area contributed by atoms with E-state index in [9.17, 15) is 45.0 Å². The molecule has 0 radical (unpaired) electrons. The second kappa shape index (κ2) is 28.2. The van der Waals surface area contributed by atoms with Gasteiger partial charge in [0.15, 0.2) is 29.0 Å². The monoisotopic (exact) mass is 1350 g/mol. The average Bonchev–Trinajstić information content (AvgIpc) is 0.771. The van der Waals surface area contributed by atoms with Crippen LogP contribution in [0.25, 0.3) is 11.1 Å². The van der Waals surface area contributed by atoms with E-state index in [1.54, 1.807) is 6.07 Å². The summed E-state index contributed by atoms with van der Waals surface area (Å²) in [7, 11) is 4.89. The summed E-state index contributed by atoms with van der Waals surface area (Å²) in [5.74, 6) is -12.2. The molecule has 0 saturated heterocycles. The van der Waals surface area contributed by atoms with E-state index in [1.165, 1.54) is 72.8 Å². The maximum atomic E-state index is 16.1. The van der Waals surface area contributed by atoms with Gasteiger partial charge in [-0.15, -0.1) is 0 Å². The minimum atomic E-state index is -2.13. The predicted octanol–water partition coefficient (Wildman–Crippen LogP) is 5.68. The Balaban J connectivity index is 1.14. The Labute approximate surface area is 557 Å². The number of rotatable bonds is 10. The lowest BCUT2D eigenvalue weighted by atomic mass is 9.89. The summed E-state index contributed by atoms with van der Waals surface area (Å²) < 4.78 is 31.1. The molecule has 7 aromatic carbocycles. The molecule has 0 unspecified atom stereocenters. The molecule has 7 aromatic rings. The first-order chi connectivity index (χ1) is 45.9. The molecular weight excluding hydrogens is 1290 g/mol. The Morgan fingerprint density at radius 1 is 0.583 bits per heavy atom. The minimum Gasteiger partial charge on any atom is -0.508 e. The molecule has 0 fully saturated rings. The number of carbonyl (C=O) groups excluding carboxylic acids is 7. The number of carbonyl (C=O) groups is 7. The summed E-state index contributed by atoms with van der Waals surface area (Å²) in [6, 6.07) is 10.2. The van der Waals surface area contributed by atoms with E-state index in [0.29, 0.717) is 31.5 Å². The predicted molar refractivity (Wildman–Crippen MR) is 344 cm³/mol. The van der Waals surface area contributed by atoms with Crippen molar-refractivity contribution < 1.29 is 87.9 Å². The van der Waals surface area contributed by atoms with E-state index >= 15 is 19.2 Å². The van der Waals surface area contributed by atoms with Crippen LogP contribution in [0.1, 0.15) is 88.1 Å². The molecular formula is C67H65Cl2N9O18. The fourth-order valence-electron chi connectivity index (χ4n) is 11.4. The fourth-order valence-corrected chi connectivity index (χ4v) is 11.9. The van der Waals surface area contributed by atoms with Gasteiger partial charge in [0.1, 0.15) is 82.6 Å². The van der Waals surface area contributed by atoms with Crippen molar-refractivity contribution in [2.24, 2.45) is 5.73 Å². The highest BCUT2D eigenvalue weighted by Crippen LogP contribution is 2.49. The molecule has 0 aromatic heterocycles. The average molecular weight is 1360 g/mol. The Morgan fingerprint density at radius 3 is 1.89 bits per heavy atom. The highest BCUT2D eigenvalue weighted by Gasteiger charge is 2.42. The van der Waals surface area contributed by atoms with E-state index in [4.69, 9.17) is 52.6 Å². The largest absolute Gasteiger partial charge is 0.508 e. The Morgan fingerprint density at radius 2 is 1.20 bits per heavy atom. The number of amides is 6. The molecule has 29 heteroatoms. The highest BCUT2D eigenvalue weighted by atomic mass is 35.5. The molecule has 6 heterocycles. The van der Waals surface area contributed by atoms with Crippen LogP contribution in [0.3, 0.4) is 0 Å². The van der Waals surface area contributed by atoms with Gasteiger partial charge in [0.2, 0.25) is 41.2 Å². The van der Waals surface area contributed by atoms with Crippen LogP contribution in [0, 0.1) is 0 Å². The fraction of sp³-hybridized carbons (Fsp3) is 0.269. The van der Waals surface area contributed by atoms with Crippen LogP contribution in [0.15, 0.2) is 115 Å². The molecule has 0 spiro atoms. The number of likely N-dealkylation sites (N-methyl/N-ethyl adjacent to an activating group) is 1. The lowest BCUT2D eigenvalue weighted by Gasteiger charge is -2.31. The molecule has 13 rings (SSSR count). The lowest BCUT2D eigenvalue weighted by Crippen LogP contribution is -2.55. The number of ether oxygens (including phenoxy) is 5. The van der Waals surface area contributed by atoms with Gasteiger partial charge in [-0.2, -0.15) is 0 Å². The van der Waals surface area contributed by atoms with E-state index in [-0.39, 0.29) is 108 Å². The van der Waals surface area contributed by atoms with Crippen molar-refractivity contribution in [3.05, 3.63) is 164 Å². The molecule has 15 N–H and O–H groups in total. The zero-order valence-electron chi connectivity index (χ0n) is 51.4. The van der Waals surface area contributed by atoms with E-state index < -0.39 is 119 Å². The maximum Gasteiger partial charge on any atom is 0.333 e. The summed E-state index contributed by atoms with van der Waals surface area (Å²) in [6.45, 7) is 2.13. The third-order valence-electron chi connectivity index (χ3n) is 16.3. The number of phenols is 5. The van der Waals surface area contributed by atoms with Gasteiger partial charge in [-0.25, -0.2) is 4.79 Å². The normalized spacial score (nSPS) is 20.9. The van der Waals surface area contributed by atoms with Crippen LogP contribution >= 0.6 is 23.2 Å². The number of nitrogens with two attached hydrogens (primary N) is 1. The quantitative estimate of drug-likeness (QED) is 0.0578. The molecule has 27 nitrogen and oxygen atoms in total. The molecule has 6 amide bonds. The van der Waals surface area contributed by atoms with Crippen LogP contribution < -0.4 is 61.9 Å². The van der Waals surface area contributed by atoms with Crippen molar-refractivity contribution in [3.63, 3.8) is 0 Å². The minimum absolute atomic E-state index is 0.0148. The zero-order valence-corrected chi connectivity index (χ0v) is 52.9. The van der Waals surface area contributed by atoms with Crippen LogP contribution in [-0.4, -0.2) is 136 Å². The summed E-state index contributed by atoms with van der Waals surface area (Å²) >= 11 is 14.2. The molecule has 0 aliphatic carbocycles. The van der Waals surface area contributed by atoms with Crippen molar-refractivity contribution in [2.45, 2.75) is 67.7 Å². The second-order valence-electron chi connectivity index (χ2n) is 23.4. The zero-order chi connectivity index (χ0) is 68.4. The van der Waals surface area contributed by atoms with Gasteiger partial charge < -0.3 is 102 Å². The number of hydrogen-bond donors (Lipinski definition) is 14. The Bertz CT molecular complexity index is 4270. The van der Waals surface area contributed by atoms with Gasteiger partial charge >= 0.3 is 5.97 Å². The van der Waals surface area contributed by atoms with Gasteiger partial charge in [-0.05, 0) is 146 Å². The van der Waals surface area contributed by atoms with Gasteiger partial charge in [0, 0.05) is 48.3 Å². The van der Waals surface area contributed by atoms with Gasteiger partial charge in [0.05, 0.1) is 23.8 Å². The third kappa shape index (κ3) is 14.4. The third-order valence-corrected chi connectivity index (χ3v) is 16.9. The number of aromatic hydroxyl groups is 5. The molecule has 17 bridgehead atoms. The first kappa shape index (κ1) is 66.9. The van der Waals surface area contributed by atoms with Gasteiger partial charge in [-0.3, -0.25) is 28.8 Å². The number of nitrogens with zero attached hydrogens (tertiary/aromatic N) is 1. The molecule has 500 valence electrons. The number of methoxy groups -OCH3 is 1. The molecule has 8 atom stereocenters. The van der Waals surface area contributed by atoms with Crippen LogP contribution in [-0.2, 0) is 44.7 Å². The van der Waals surface area contributed by atoms with Gasteiger partial charge in [0.25, 0.3) is 0 Å². The number of unbranched alkanes of at least 4 members (excludes halogenated alkanes) is 1. The molecule has 0 saturated carbocycles. The standard InChI is InChI=1S/C67H65Cl2N9O18/c1-78(2)16-15-71-14-4-5-17-93-60-50-25-35-26-51(60)96-48-13-9-33(23-42(48)69)59(84)58-66(90)76-57(67(91)92-3)40-28-37(80)29-46(83)52(40)39-22-32(8-10-44(39)81)54(63(87)77-58)74-65(89)56(35)75-64(88)55-34-20-36(79)27-38(21-34)94-49-24-31(7-11-45(49)82)53(70)62(86)72-43(61(85)73-55)19-30-6-12-47(95-50)41(68)18-30/h6-13,18,20-29,43,53-59,71,79-84H,4-5,14-17,19,70H2,1-3H3,(H,72,86)(H,73,85)(H,74,89)(H,75,88)(H,76,90)(H,77,87)/t43-,53+,54-,55+,56-,57+,58+,59-/m1/s1. The number of benzene rings is 7. The van der Waals surface area contributed by atoms with E-state index in [0.717, 1.165) is 50.1 Å². The highest BCUT2D eigenvalue weighted by molar-refractivity contribution is 6.32. The van der Waals surface area contributed by atoms with Crippen LogP contribution in [0.2, 0.25) is 10.0 Å². The molecule has 6 aliphatic rings. The lowest BCUT2D eigenvalue weighted by molar-refractivity contribution is -0.146. The van der Waals surface area contributed by atoms with E-state index in [2.05, 4.69) is 37.2 Å². The summed E-state index contributed by atoms with van der Waals surface area (Å²) in [5.41, 5.74) is 5.17. The Kier molecular flexibility index (Phi) is 19.6. The topological polar surface area (TPSA) is 400 Å². The van der Waals surface area contributed by atoms with Crippen molar-refractivity contribution in [2.75, 3.05) is 47.4 Å². The number of phenolic OH excluding ortho intramolecular Hbond substituents is 5. The number of halogens is 2. The second-order valence-corrected chi connectivity index (χ2v) is 24.2. The van der Waals surface area contributed by atoms with Gasteiger partial charge in [-0.1, -0.05) is 47.5 Å². The Hall–Kier alpha value is -10.6. The molecule has 96 heavy (non-hydrogen) atoms. The summed E-state index contributed by atoms with van der Waals surface area (Å²) in [6.07, 6.45) is -1.31. The van der Waals surface area contributed by atoms with E-state index in [1.807, 2.05) is 19.0 Å². The number of aliphatic hydroxyl groups is 1. The summed E-state index contributed by atoms with van der Waals surface area (Å²) in [5, 5.41) is 87.7. The summed E-state index contributed by atoms with van der Waals surface area (Å²) in [4.78, 5) is 108. The van der Waals surface area contributed by atoms with Crippen LogP contribution in [0.5, 0.6) is 69.0 Å². The van der Waals surface area contributed by atoms with Crippen LogP contribution in [0.4, 0.5) is 0 Å². The number of aliphatic hydroxyl groups excluding tert-OH is 1. The smallest absolute Gasteiger partial charge is 0.333 e. The van der Waals surface area contributed by atoms with Crippen molar-refractivity contribution >= 4 is 64.6 Å². The van der Waals surface area contributed by atoms with Crippen molar-refractivity contribution in [1.82, 2.24) is 42.1 Å². The number of hydrogen-bond acceptors (Lipinski definition) is 21. The number of fused-ring (bicyclic) bond motifs is 14. The van der Waals surface area contributed by atoms with Crippen molar-refractivity contribution in [1.29, 1.82) is 0 Å². The molecule has 6 aliphatic heterocycles. The maximum absolute atomic E-state index is 16.1. The van der Waals surface area contributed by atoms with Crippen molar-refractivity contribution in [3.8, 4) is 80.1 Å². The number of esters is 1. The number of nitrogens with one attached hydrogen (secondary N) is 7.